The van der Waals surface area contributed by atoms with Crippen LogP contribution in [-0.4, -0.2) is 11.1 Å². The molecule has 0 heterocycles. The first kappa shape index (κ1) is 18.8. The van der Waals surface area contributed by atoms with E-state index in [1.807, 2.05) is 54.6 Å². The number of carboxylic acid groups (broad SMARTS) is 1. The third kappa shape index (κ3) is 5.02. The molecule has 0 fully saturated rings. The lowest BCUT2D eigenvalue weighted by molar-refractivity contribution is 0.0696. The van der Waals surface area contributed by atoms with Crippen LogP contribution in [0.25, 0.3) is 0 Å². The minimum absolute atomic E-state index is 0.310. The molecule has 0 saturated heterocycles. The van der Waals surface area contributed by atoms with Gasteiger partial charge in [-0.05, 0) is 60.0 Å². The highest BCUT2D eigenvalue weighted by atomic mass is 35.5. The molecule has 3 rings (SSSR count). The maximum atomic E-state index is 11.2. The molecule has 0 saturated carbocycles. The van der Waals surface area contributed by atoms with Gasteiger partial charge in [-0.15, -0.1) is 0 Å². The van der Waals surface area contributed by atoms with Crippen molar-refractivity contribution in [3.63, 3.8) is 0 Å². The number of benzene rings is 3. The second kappa shape index (κ2) is 8.60. The predicted octanol–water partition coefficient (Wildman–Crippen LogP) is 5.54. The fourth-order valence-electron chi connectivity index (χ4n) is 2.75. The lowest BCUT2D eigenvalue weighted by Gasteiger charge is -2.12. The maximum Gasteiger partial charge on any atom is 0.336 e. The molecule has 2 N–H and O–H groups in total. The molecule has 0 aliphatic rings. The summed E-state index contributed by atoms with van der Waals surface area (Å²) in [7, 11) is 0. The van der Waals surface area contributed by atoms with Gasteiger partial charge in [-0.2, -0.15) is 0 Å². The van der Waals surface area contributed by atoms with Gasteiger partial charge in [0.1, 0.15) is 12.4 Å². The molecule has 0 spiro atoms. The van der Waals surface area contributed by atoms with Crippen molar-refractivity contribution in [3.05, 3.63) is 94.0 Å². The fraction of sp³-hybridized carbons (Fsp3) is 0.136. The van der Waals surface area contributed by atoms with Crippen LogP contribution < -0.4 is 10.1 Å². The molecule has 0 unspecified atom stereocenters. The fourth-order valence-corrected chi connectivity index (χ4v) is 2.97. The molecule has 0 atom stereocenters. The molecule has 138 valence electrons. The highest BCUT2D eigenvalue weighted by Gasteiger charge is 2.09. The molecular weight excluding hydrogens is 362 g/mol. The van der Waals surface area contributed by atoms with E-state index in [1.54, 1.807) is 19.1 Å². The van der Waals surface area contributed by atoms with Crippen LogP contribution in [0.1, 0.15) is 27.0 Å². The van der Waals surface area contributed by atoms with E-state index in [0.717, 1.165) is 28.1 Å². The molecule has 5 heteroatoms. The lowest BCUT2D eigenvalue weighted by Crippen LogP contribution is -2.05. The zero-order valence-corrected chi connectivity index (χ0v) is 15.7. The number of aromatic carboxylic acids is 1. The van der Waals surface area contributed by atoms with Gasteiger partial charge in [-0.1, -0.05) is 41.9 Å². The largest absolute Gasteiger partial charge is 0.489 e. The predicted molar refractivity (Wildman–Crippen MR) is 108 cm³/mol. The van der Waals surface area contributed by atoms with Gasteiger partial charge >= 0.3 is 5.97 Å². The molecular formula is C22H20ClNO3. The zero-order valence-electron chi connectivity index (χ0n) is 14.9. The average molecular weight is 382 g/mol. The van der Waals surface area contributed by atoms with Crippen molar-refractivity contribution in [2.75, 3.05) is 5.32 Å². The Bertz CT molecular complexity index is 939. The Morgan fingerprint density at radius 1 is 1.04 bits per heavy atom. The molecule has 4 nitrogen and oxygen atoms in total. The van der Waals surface area contributed by atoms with Crippen molar-refractivity contribution in [1.82, 2.24) is 0 Å². The van der Waals surface area contributed by atoms with E-state index >= 15 is 0 Å². The summed E-state index contributed by atoms with van der Waals surface area (Å²) in [5.41, 5.74) is 3.94. The van der Waals surface area contributed by atoms with Gasteiger partial charge in [-0.25, -0.2) is 4.79 Å². The summed E-state index contributed by atoms with van der Waals surface area (Å²) in [5.74, 6) is -0.139. The van der Waals surface area contributed by atoms with Crippen LogP contribution in [0.5, 0.6) is 5.75 Å². The Kier molecular flexibility index (Phi) is 5.99. The van der Waals surface area contributed by atoms with Crippen molar-refractivity contribution in [3.8, 4) is 5.75 Å². The molecule has 3 aromatic rings. The molecule has 0 amide bonds. The number of carbonyl (C=O) groups is 1. The highest BCUT2D eigenvalue weighted by Crippen LogP contribution is 2.21. The van der Waals surface area contributed by atoms with Crippen molar-refractivity contribution in [2.45, 2.75) is 20.1 Å². The third-order valence-electron chi connectivity index (χ3n) is 4.27. The van der Waals surface area contributed by atoms with Crippen LogP contribution in [0.3, 0.4) is 0 Å². The second-order valence-electron chi connectivity index (χ2n) is 6.20. The van der Waals surface area contributed by atoms with E-state index < -0.39 is 5.97 Å². The van der Waals surface area contributed by atoms with Gasteiger partial charge in [0.2, 0.25) is 0 Å². The lowest BCUT2D eigenvalue weighted by atomic mass is 10.1. The van der Waals surface area contributed by atoms with E-state index in [-0.39, 0.29) is 0 Å². The van der Waals surface area contributed by atoms with Gasteiger partial charge in [0.05, 0.1) is 5.56 Å². The van der Waals surface area contributed by atoms with Gasteiger partial charge in [-0.3, -0.25) is 0 Å². The minimum atomic E-state index is -0.919. The first-order chi connectivity index (χ1) is 13.0. The topological polar surface area (TPSA) is 58.6 Å². The number of halogens is 1. The summed E-state index contributed by atoms with van der Waals surface area (Å²) in [6, 6.07) is 20.6. The van der Waals surface area contributed by atoms with Crippen molar-refractivity contribution in [2.24, 2.45) is 0 Å². The Morgan fingerprint density at radius 3 is 2.48 bits per heavy atom. The summed E-state index contributed by atoms with van der Waals surface area (Å²) >= 11 is 5.98. The quantitative estimate of drug-likeness (QED) is 0.564. The number of carboxylic acids is 1. The Balaban J connectivity index is 1.58. The highest BCUT2D eigenvalue weighted by molar-refractivity contribution is 6.30. The Hall–Kier alpha value is -2.98. The molecule has 27 heavy (non-hydrogen) atoms. The third-order valence-corrected chi connectivity index (χ3v) is 4.50. The molecule has 3 aromatic carbocycles. The van der Waals surface area contributed by atoms with Gasteiger partial charge < -0.3 is 15.2 Å². The summed E-state index contributed by atoms with van der Waals surface area (Å²) in [6.07, 6.45) is 0. The molecule has 0 bridgehead atoms. The van der Waals surface area contributed by atoms with Crippen LogP contribution in [0.2, 0.25) is 5.02 Å². The SMILES string of the molecule is Cc1c(NCc2ccc(OCc3cccc(Cl)c3)cc2)cccc1C(=O)O. The average Bonchev–Trinajstić information content (AvgIpc) is 2.66. The van der Waals surface area contributed by atoms with Crippen LogP contribution in [-0.2, 0) is 13.2 Å². The number of ether oxygens (including phenoxy) is 1. The van der Waals surface area contributed by atoms with Gasteiger partial charge in [0.25, 0.3) is 0 Å². The van der Waals surface area contributed by atoms with Crippen LogP contribution >= 0.6 is 11.6 Å². The molecule has 0 aromatic heterocycles. The summed E-state index contributed by atoms with van der Waals surface area (Å²) in [5, 5.41) is 13.2. The van der Waals surface area contributed by atoms with Crippen molar-refractivity contribution in [1.29, 1.82) is 0 Å². The Morgan fingerprint density at radius 2 is 1.78 bits per heavy atom. The van der Waals surface area contributed by atoms with E-state index in [1.165, 1.54) is 0 Å². The second-order valence-corrected chi connectivity index (χ2v) is 6.64. The van der Waals surface area contributed by atoms with E-state index in [9.17, 15) is 9.90 Å². The molecule has 0 aliphatic carbocycles. The monoisotopic (exact) mass is 381 g/mol. The van der Waals surface area contributed by atoms with Gasteiger partial charge in [0, 0.05) is 17.3 Å². The normalized spacial score (nSPS) is 10.4. The van der Waals surface area contributed by atoms with Crippen molar-refractivity contribution < 1.29 is 14.6 Å². The first-order valence-corrected chi connectivity index (χ1v) is 8.93. The number of nitrogens with one attached hydrogen (secondary N) is 1. The Labute approximate surface area is 163 Å². The number of anilines is 1. The van der Waals surface area contributed by atoms with Crippen molar-refractivity contribution >= 4 is 23.3 Å². The first-order valence-electron chi connectivity index (χ1n) is 8.56. The standard InChI is InChI=1S/C22H20ClNO3/c1-15-20(22(25)26)6-3-7-21(15)24-13-16-8-10-19(11-9-16)27-14-17-4-2-5-18(23)12-17/h2-12,24H,13-14H2,1H3,(H,25,26). The maximum absolute atomic E-state index is 11.2. The number of hydrogen-bond acceptors (Lipinski definition) is 3. The van der Waals surface area contributed by atoms with E-state index in [0.29, 0.717) is 23.7 Å². The van der Waals surface area contributed by atoms with Crippen LogP contribution in [0, 0.1) is 6.92 Å². The summed E-state index contributed by atoms with van der Waals surface area (Å²) < 4.78 is 5.78. The van der Waals surface area contributed by atoms with E-state index in [4.69, 9.17) is 16.3 Å². The molecule has 0 aliphatic heterocycles. The zero-order chi connectivity index (χ0) is 19.2. The minimum Gasteiger partial charge on any atom is -0.489 e. The van der Waals surface area contributed by atoms with Crippen LogP contribution in [0.4, 0.5) is 5.69 Å². The summed E-state index contributed by atoms with van der Waals surface area (Å²) in [6.45, 7) is 2.86. The van der Waals surface area contributed by atoms with Crippen LogP contribution in [0.15, 0.2) is 66.7 Å². The number of rotatable bonds is 7. The number of hydrogen-bond donors (Lipinski definition) is 2. The molecule has 0 radical (unpaired) electrons. The summed E-state index contributed by atoms with van der Waals surface area (Å²) in [4.78, 5) is 11.2. The smallest absolute Gasteiger partial charge is 0.336 e. The van der Waals surface area contributed by atoms with E-state index in [2.05, 4.69) is 5.32 Å². The van der Waals surface area contributed by atoms with Gasteiger partial charge in [0.15, 0.2) is 0 Å².